The topological polar surface area (TPSA) is 63.4 Å². The van der Waals surface area contributed by atoms with Crippen LogP contribution in [0.1, 0.15) is 18.2 Å². The molecule has 3 N–H and O–H groups in total. The maximum Gasteiger partial charge on any atom is 0.0728 e. The fraction of sp³-hybridized carbons (Fsp3) is 0.438. The van der Waals surface area contributed by atoms with Crippen LogP contribution in [-0.2, 0) is 11.2 Å². The van der Waals surface area contributed by atoms with E-state index in [1.54, 1.807) is 0 Å². The highest BCUT2D eigenvalue weighted by atomic mass is 16.5. The van der Waals surface area contributed by atoms with E-state index in [1.807, 2.05) is 6.92 Å². The van der Waals surface area contributed by atoms with E-state index >= 15 is 0 Å². The zero-order valence-electron chi connectivity index (χ0n) is 12.6. The number of fused-ring (bicyclic) bond motifs is 1. The molecule has 0 radical (unpaired) electrons. The van der Waals surface area contributed by atoms with Crippen LogP contribution in [0.3, 0.4) is 0 Å². The Bertz CT molecular complexity index is 650. The summed E-state index contributed by atoms with van der Waals surface area (Å²) in [7, 11) is 0. The van der Waals surface area contributed by atoms with Gasteiger partial charge in [0.25, 0.3) is 0 Å². The number of rotatable bonds is 3. The number of morpholine rings is 1. The SMILES string of the molecule is CCc1c(C)nc2ccc(N3CCOCC3)cc2c1NN. The van der Waals surface area contributed by atoms with Crippen molar-refractivity contribution in [3.05, 3.63) is 29.5 Å². The number of nitrogens with zero attached hydrogens (tertiary/aromatic N) is 2. The van der Waals surface area contributed by atoms with Crippen LogP contribution >= 0.6 is 0 Å². The second-order valence-electron chi connectivity index (χ2n) is 5.35. The summed E-state index contributed by atoms with van der Waals surface area (Å²) in [6.07, 6.45) is 0.913. The first-order chi connectivity index (χ1) is 10.2. The van der Waals surface area contributed by atoms with Crippen molar-refractivity contribution in [3.8, 4) is 0 Å². The Morgan fingerprint density at radius 1 is 1.33 bits per heavy atom. The minimum atomic E-state index is 0.784. The molecule has 5 heteroatoms. The highest BCUT2D eigenvalue weighted by Gasteiger charge is 2.15. The molecule has 1 fully saturated rings. The van der Waals surface area contributed by atoms with Gasteiger partial charge < -0.3 is 15.1 Å². The van der Waals surface area contributed by atoms with Crippen LogP contribution in [0.4, 0.5) is 11.4 Å². The number of ether oxygens (including phenoxy) is 1. The summed E-state index contributed by atoms with van der Waals surface area (Å²) in [5.41, 5.74) is 8.28. The zero-order valence-corrected chi connectivity index (χ0v) is 12.6. The number of aromatic nitrogens is 1. The van der Waals surface area contributed by atoms with Crippen LogP contribution in [0.15, 0.2) is 18.2 Å². The Hall–Kier alpha value is -1.85. The van der Waals surface area contributed by atoms with Gasteiger partial charge in [-0.25, -0.2) is 0 Å². The Balaban J connectivity index is 2.12. The minimum Gasteiger partial charge on any atom is -0.378 e. The van der Waals surface area contributed by atoms with E-state index in [1.165, 1.54) is 11.3 Å². The Morgan fingerprint density at radius 2 is 2.10 bits per heavy atom. The minimum absolute atomic E-state index is 0.784. The predicted octanol–water partition coefficient (Wildman–Crippen LogP) is 2.23. The van der Waals surface area contributed by atoms with Gasteiger partial charge in [0, 0.05) is 29.9 Å². The monoisotopic (exact) mass is 286 g/mol. The summed E-state index contributed by atoms with van der Waals surface area (Å²) < 4.78 is 5.42. The number of anilines is 2. The van der Waals surface area contributed by atoms with Crippen LogP contribution in [-0.4, -0.2) is 31.3 Å². The van der Waals surface area contributed by atoms with Gasteiger partial charge in [0.1, 0.15) is 0 Å². The van der Waals surface area contributed by atoms with Crippen molar-refractivity contribution in [1.29, 1.82) is 0 Å². The number of pyridine rings is 1. The van der Waals surface area contributed by atoms with Gasteiger partial charge in [0.2, 0.25) is 0 Å². The van der Waals surface area contributed by atoms with Crippen LogP contribution < -0.4 is 16.2 Å². The third-order valence-electron chi connectivity index (χ3n) is 4.15. The van der Waals surface area contributed by atoms with Gasteiger partial charge in [-0.2, -0.15) is 0 Å². The molecular formula is C16H22N4O. The quantitative estimate of drug-likeness (QED) is 0.669. The van der Waals surface area contributed by atoms with E-state index in [4.69, 9.17) is 15.6 Å². The molecule has 1 aromatic heterocycles. The molecule has 2 heterocycles. The molecule has 0 bridgehead atoms. The van der Waals surface area contributed by atoms with Crippen molar-refractivity contribution in [2.24, 2.45) is 5.84 Å². The van der Waals surface area contributed by atoms with E-state index in [0.29, 0.717) is 0 Å². The fourth-order valence-corrected chi connectivity index (χ4v) is 3.03. The van der Waals surface area contributed by atoms with Gasteiger partial charge in [0.15, 0.2) is 0 Å². The van der Waals surface area contributed by atoms with Crippen molar-refractivity contribution in [2.45, 2.75) is 20.3 Å². The summed E-state index contributed by atoms with van der Waals surface area (Å²) in [6.45, 7) is 7.59. The van der Waals surface area contributed by atoms with E-state index in [9.17, 15) is 0 Å². The summed E-state index contributed by atoms with van der Waals surface area (Å²) >= 11 is 0. The molecule has 0 aliphatic carbocycles. The molecule has 0 atom stereocenters. The van der Waals surface area contributed by atoms with Gasteiger partial charge >= 0.3 is 0 Å². The molecule has 0 saturated carbocycles. The van der Waals surface area contributed by atoms with Gasteiger partial charge in [-0.15, -0.1) is 0 Å². The number of aryl methyl sites for hydroxylation is 1. The number of nitrogens with one attached hydrogen (secondary N) is 1. The lowest BCUT2D eigenvalue weighted by Gasteiger charge is -2.29. The molecule has 5 nitrogen and oxygen atoms in total. The first kappa shape index (κ1) is 14.1. The first-order valence-electron chi connectivity index (χ1n) is 7.47. The van der Waals surface area contributed by atoms with E-state index in [2.05, 4.69) is 35.4 Å². The largest absolute Gasteiger partial charge is 0.378 e. The fourth-order valence-electron chi connectivity index (χ4n) is 3.03. The summed E-state index contributed by atoms with van der Waals surface area (Å²) in [5.74, 6) is 5.78. The molecule has 1 aliphatic heterocycles. The van der Waals surface area contributed by atoms with Crippen LogP contribution in [0.25, 0.3) is 10.9 Å². The second-order valence-corrected chi connectivity index (χ2v) is 5.35. The van der Waals surface area contributed by atoms with Gasteiger partial charge in [-0.1, -0.05) is 6.92 Å². The summed E-state index contributed by atoms with van der Waals surface area (Å²) in [4.78, 5) is 7.04. The molecular weight excluding hydrogens is 264 g/mol. The lowest BCUT2D eigenvalue weighted by atomic mass is 10.0. The Morgan fingerprint density at radius 3 is 2.76 bits per heavy atom. The maximum absolute atomic E-state index is 5.78. The highest BCUT2D eigenvalue weighted by molar-refractivity contribution is 5.95. The molecule has 112 valence electrons. The molecule has 2 aromatic rings. The standard InChI is InChI=1S/C16H22N4O/c1-3-13-11(2)18-15-5-4-12(10-14(15)16(13)19-17)20-6-8-21-9-7-20/h4-5,10H,3,6-9,17H2,1-2H3,(H,18,19). The third kappa shape index (κ3) is 2.54. The summed E-state index contributed by atoms with van der Waals surface area (Å²) in [5, 5.41) is 1.09. The smallest absolute Gasteiger partial charge is 0.0728 e. The molecule has 1 saturated heterocycles. The predicted molar refractivity (Wildman–Crippen MR) is 86.7 cm³/mol. The van der Waals surface area contributed by atoms with Crippen LogP contribution in [0, 0.1) is 6.92 Å². The Kier molecular flexibility index (Phi) is 3.94. The second kappa shape index (κ2) is 5.87. The normalized spacial score (nSPS) is 15.5. The van der Waals surface area contributed by atoms with Crippen molar-refractivity contribution in [1.82, 2.24) is 4.98 Å². The van der Waals surface area contributed by atoms with Crippen molar-refractivity contribution >= 4 is 22.3 Å². The number of hydrogen-bond donors (Lipinski definition) is 2. The van der Waals surface area contributed by atoms with Crippen LogP contribution in [0.5, 0.6) is 0 Å². The molecule has 1 aliphatic rings. The van der Waals surface area contributed by atoms with Gasteiger partial charge in [-0.3, -0.25) is 10.8 Å². The number of nitrogen functional groups attached to an aromatic ring is 1. The van der Waals surface area contributed by atoms with Gasteiger partial charge in [0.05, 0.1) is 24.4 Å². The van der Waals surface area contributed by atoms with Crippen molar-refractivity contribution in [2.75, 3.05) is 36.6 Å². The van der Waals surface area contributed by atoms with E-state index in [-0.39, 0.29) is 0 Å². The van der Waals surface area contributed by atoms with Gasteiger partial charge in [-0.05, 0) is 37.1 Å². The van der Waals surface area contributed by atoms with E-state index in [0.717, 1.165) is 55.0 Å². The van der Waals surface area contributed by atoms with E-state index < -0.39 is 0 Å². The average molecular weight is 286 g/mol. The van der Waals surface area contributed by atoms with Crippen LogP contribution in [0.2, 0.25) is 0 Å². The number of hydrazine groups is 1. The lowest BCUT2D eigenvalue weighted by molar-refractivity contribution is 0.122. The van der Waals surface area contributed by atoms with Crippen molar-refractivity contribution in [3.63, 3.8) is 0 Å². The molecule has 0 amide bonds. The van der Waals surface area contributed by atoms with Crippen molar-refractivity contribution < 1.29 is 4.74 Å². The summed E-state index contributed by atoms with van der Waals surface area (Å²) in [6, 6.07) is 6.39. The molecule has 3 rings (SSSR count). The third-order valence-corrected chi connectivity index (χ3v) is 4.15. The first-order valence-corrected chi connectivity index (χ1v) is 7.47. The molecule has 0 unspecified atom stereocenters. The zero-order chi connectivity index (χ0) is 14.8. The number of benzene rings is 1. The number of hydrogen-bond acceptors (Lipinski definition) is 5. The Labute approximate surface area is 125 Å². The molecule has 0 spiro atoms. The molecule has 1 aromatic carbocycles. The lowest BCUT2D eigenvalue weighted by Crippen LogP contribution is -2.36. The number of nitrogens with two attached hydrogens (primary N) is 1. The average Bonchev–Trinajstić information content (AvgIpc) is 2.54. The molecule has 21 heavy (non-hydrogen) atoms. The maximum atomic E-state index is 5.78. The highest BCUT2D eigenvalue weighted by Crippen LogP contribution is 2.31.